The third-order valence-corrected chi connectivity index (χ3v) is 4.72. The first-order valence-electron chi connectivity index (χ1n) is 5.76. The van der Waals surface area contributed by atoms with Crippen LogP contribution in [0.2, 0.25) is 0 Å². The Morgan fingerprint density at radius 1 is 1.20 bits per heavy atom. The van der Waals surface area contributed by atoms with Crippen molar-refractivity contribution in [3.63, 3.8) is 0 Å². The van der Waals surface area contributed by atoms with E-state index in [-0.39, 0.29) is 23.5 Å². The Kier molecular flexibility index (Phi) is 4.89. The molecule has 0 aliphatic carbocycles. The molecule has 0 unspecified atom stereocenters. The van der Waals surface area contributed by atoms with Gasteiger partial charge in [0.05, 0.1) is 11.4 Å². The molecule has 1 aromatic carbocycles. The maximum Gasteiger partial charge on any atom is 0.266 e. The maximum absolute atomic E-state index is 12.0. The van der Waals surface area contributed by atoms with Crippen LogP contribution in [-0.4, -0.2) is 24.7 Å². The molecule has 0 spiro atoms. The van der Waals surface area contributed by atoms with Crippen molar-refractivity contribution in [2.45, 2.75) is 11.4 Å². The van der Waals surface area contributed by atoms with Gasteiger partial charge >= 0.3 is 0 Å². The Labute approximate surface area is 130 Å². The number of halogens is 1. The van der Waals surface area contributed by atoms with Crippen LogP contribution in [0.1, 0.15) is 0 Å². The van der Waals surface area contributed by atoms with Crippen LogP contribution in [0.5, 0.6) is 0 Å². The molecule has 0 fully saturated rings. The van der Waals surface area contributed by atoms with Crippen molar-refractivity contribution in [1.29, 1.82) is 0 Å². The fraction of sp³-hybridized carbons (Fsp3) is 0.167. The van der Waals surface area contributed by atoms with Gasteiger partial charge in [-0.25, -0.2) is 17.8 Å². The molecule has 0 saturated heterocycles. The molecule has 0 aliphatic heterocycles. The lowest BCUT2D eigenvalue weighted by atomic mass is 10.4. The number of nitrogens with one attached hydrogen (secondary N) is 1. The number of hydrogen-bond acceptors (Lipinski definition) is 4. The fourth-order valence-corrected chi connectivity index (χ4v) is 2.92. The molecule has 1 N–H and O–H groups in total. The highest BCUT2D eigenvalue weighted by molar-refractivity contribution is 14.1. The van der Waals surface area contributed by atoms with E-state index in [1.54, 1.807) is 12.1 Å². The summed E-state index contributed by atoms with van der Waals surface area (Å²) in [7, 11) is -3.56. The summed E-state index contributed by atoms with van der Waals surface area (Å²) in [5, 5.41) is 3.85. The van der Waals surface area contributed by atoms with E-state index in [1.807, 2.05) is 0 Å². The zero-order chi connectivity index (χ0) is 14.6. The lowest BCUT2D eigenvalue weighted by Gasteiger charge is -2.07. The largest absolute Gasteiger partial charge is 0.268 e. The van der Waals surface area contributed by atoms with E-state index >= 15 is 0 Å². The SMILES string of the molecule is O=c1cccnn1CCNS(=O)(=O)c1ccc(I)cc1. The molecule has 2 aromatic rings. The van der Waals surface area contributed by atoms with Gasteiger partial charge in [-0.1, -0.05) is 0 Å². The highest BCUT2D eigenvalue weighted by atomic mass is 127. The number of aromatic nitrogens is 2. The van der Waals surface area contributed by atoms with Crippen molar-refractivity contribution < 1.29 is 8.42 Å². The molecule has 0 amide bonds. The predicted molar refractivity (Wildman–Crippen MR) is 82.8 cm³/mol. The Morgan fingerprint density at radius 3 is 2.55 bits per heavy atom. The van der Waals surface area contributed by atoms with E-state index < -0.39 is 10.0 Å². The lowest BCUT2D eigenvalue weighted by Crippen LogP contribution is -2.31. The minimum Gasteiger partial charge on any atom is -0.268 e. The van der Waals surface area contributed by atoms with Crippen molar-refractivity contribution in [2.75, 3.05) is 6.54 Å². The van der Waals surface area contributed by atoms with Crippen LogP contribution in [0.4, 0.5) is 0 Å². The van der Waals surface area contributed by atoms with Crippen LogP contribution >= 0.6 is 22.6 Å². The molecule has 0 atom stereocenters. The average Bonchev–Trinajstić information content (AvgIpc) is 2.41. The molecule has 0 aliphatic rings. The minimum absolute atomic E-state index is 0.102. The van der Waals surface area contributed by atoms with E-state index in [9.17, 15) is 13.2 Å². The molecule has 0 saturated carbocycles. The molecule has 1 aromatic heterocycles. The molecule has 1 heterocycles. The second kappa shape index (κ2) is 6.46. The van der Waals surface area contributed by atoms with E-state index in [0.717, 1.165) is 3.57 Å². The highest BCUT2D eigenvalue weighted by Crippen LogP contribution is 2.11. The first kappa shape index (κ1) is 15.1. The van der Waals surface area contributed by atoms with Crippen LogP contribution < -0.4 is 10.3 Å². The number of rotatable bonds is 5. The smallest absolute Gasteiger partial charge is 0.266 e. The van der Waals surface area contributed by atoms with Crippen LogP contribution in [-0.2, 0) is 16.6 Å². The van der Waals surface area contributed by atoms with Gasteiger partial charge in [0, 0.05) is 22.4 Å². The molecular formula is C12H12IN3O3S. The Morgan fingerprint density at radius 2 is 1.90 bits per heavy atom. The van der Waals surface area contributed by atoms with Gasteiger partial charge in [0.2, 0.25) is 10.0 Å². The van der Waals surface area contributed by atoms with E-state index in [2.05, 4.69) is 32.4 Å². The summed E-state index contributed by atoms with van der Waals surface area (Å²) >= 11 is 2.10. The normalized spacial score (nSPS) is 11.4. The second-order valence-electron chi connectivity index (χ2n) is 3.94. The number of benzene rings is 1. The first-order valence-corrected chi connectivity index (χ1v) is 8.32. The number of nitrogens with zero attached hydrogens (tertiary/aromatic N) is 2. The molecule has 0 radical (unpaired) electrons. The zero-order valence-electron chi connectivity index (χ0n) is 10.4. The van der Waals surface area contributed by atoms with Crippen molar-refractivity contribution in [1.82, 2.24) is 14.5 Å². The highest BCUT2D eigenvalue weighted by Gasteiger charge is 2.12. The van der Waals surface area contributed by atoms with E-state index in [1.165, 1.54) is 35.1 Å². The zero-order valence-corrected chi connectivity index (χ0v) is 13.3. The third kappa shape index (κ3) is 3.87. The van der Waals surface area contributed by atoms with Crippen molar-refractivity contribution in [2.24, 2.45) is 0 Å². The van der Waals surface area contributed by atoms with Crippen molar-refractivity contribution in [3.8, 4) is 0 Å². The molecule has 8 heteroatoms. The molecule has 0 bridgehead atoms. The maximum atomic E-state index is 12.0. The summed E-state index contributed by atoms with van der Waals surface area (Å²) in [5.74, 6) is 0. The molecular weight excluding hydrogens is 393 g/mol. The Bertz CT molecular complexity index is 741. The monoisotopic (exact) mass is 405 g/mol. The summed E-state index contributed by atoms with van der Waals surface area (Å²) in [5.41, 5.74) is -0.263. The number of sulfonamides is 1. The van der Waals surface area contributed by atoms with Crippen LogP contribution in [0, 0.1) is 3.57 Å². The second-order valence-corrected chi connectivity index (χ2v) is 6.95. The van der Waals surface area contributed by atoms with Crippen LogP contribution in [0.15, 0.2) is 52.3 Å². The summed E-state index contributed by atoms with van der Waals surface area (Å²) in [6, 6.07) is 9.43. The lowest BCUT2D eigenvalue weighted by molar-refractivity contribution is 0.547. The summed E-state index contributed by atoms with van der Waals surface area (Å²) in [4.78, 5) is 11.6. The fourth-order valence-electron chi connectivity index (χ4n) is 1.54. The van der Waals surface area contributed by atoms with Crippen LogP contribution in [0.3, 0.4) is 0 Å². The Balaban J connectivity index is 2.02. The van der Waals surface area contributed by atoms with Gasteiger partial charge < -0.3 is 0 Å². The summed E-state index contributed by atoms with van der Waals surface area (Å²) < 4.78 is 28.6. The minimum atomic E-state index is -3.56. The quantitative estimate of drug-likeness (QED) is 0.748. The van der Waals surface area contributed by atoms with E-state index in [4.69, 9.17) is 0 Å². The van der Waals surface area contributed by atoms with Gasteiger partial charge in [-0.15, -0.1) is 0 Å². The van der Waals surface area contributed by atoms with Gasteiger partial charge in [0.25, 0.3) is 5.56 Å². The summed E-state index contributed by atoms with van der Waals surface area (Å²) in [6.45, 7) is 0.286. The van der Waals surface area contributed by atoms with Gasteiger partial charge in [-0.3, -0.25) is 4.79 Å². The third-order valence-electron chi connectivity index (χ3n) is 2.52. The molecule has 20 heavy (non-hydrogen) atoms. The van der Waals surface area contributed by atoms with Crippen LogP contribution in [0.25, 0.3) is 0 Å². The van der Waals surface area contributed by atoms with E-state index in [0.29, 0.717) is 0 Å². The number of hydrogen-bond donors (Lipinski definition) is 1. The molecule has 6 nitrogen and oxygen atoms in total. The standard InChI is InChI=1S/C12H12IN3O3S/c13-10-3-5-11(6-4-10)20(18,19)15-8-9-16-12(17)2-1-7-14-16/h1-7,15H,8-9H2. The van der Waals surface area contributed by atoms with Crippen molar-refractivity contribution >= 4 is 32.6 Å². The molecule has 106 valence electrons. The topological polar surface area (TPSA) is 81.1 Å². The predicted octanol–water partition coefficient (Wildman–Crippen LogP) is 0.826. The summed E-state index contributed by atoms with van der Waals surface area (Å²) in [6.07, 6.45) is 1.48. The van der Waals surface area contributed by atoms with Gasteiger partial charge in [0.15, 0.2) is 0 Å². The first-order chi connectivity index (χ1) is 9.49. The average molecular weight is 405 g/mol. The Hall–Kier alpha value is -1.26. The van der Waals surface area contributed by atoms with Gasteiger partial charge in [-0.2, -0.15) is 5.10 Å². The van der Waals surface area contributed by atoms with Gasteiger partial charge in [-0.05, 0) is 52.9 Å². The van der Waals surface area contributed by atoms with Gasteiger partial charge in [0.1, 0.15) is 0 Å². The molecule has 2 rings (SSSR count). The van der Waals surface area contributed by atoms with Crippen molar-refractivity contribution in [3.05, 3.63) is 56.5 Å².